The molecule has 150 valence electrons. The molecule has 0 atom stereocenters. The van der Waals surface area contributed by atoms with E-state index in [1.54, 1.807) is 37.5 Å². The van der Waals surface area contributed by atoms with Crippen LogP contribution in [0.1, 0.15) is 28.4 Å². The Morgan fingerprint density at radius 2 is 1.79 bits per heavy atom. The van der Waals surface area contributed by atoms with E-state index in [4.69, 9.17) is 4.74 Å². The highest BCUT2D eigenvalue weighted by Crippen LogP contribution is 2.32. The second kappa shape index (κ2) is 9.43. The number of rotatable bonds is 7. The highest BCUT2D eigenvalue weighted by atomic mass is 32.2. The third kappa shape index (κ3) is 5.06. The van der Waals surface area contributed by atoms with Crippen molar-refractivity contribution in [3.63, 3.8) is 0 Å². The molecule has 1 N–H and O–H groups in total. The SMILES string of the molecule is CCc1ccc(C(=O)NCCN2C(=O)S/C(=C\c3ccc(OC)cc3)C2=O)cc1. The van der Waals surface area contributed by atoms with E-state index >= 15 is 0 Å². The van der Waals surface area contributed by atoms with Crippen LogP contribution in [0.2, 0.25) is 0 Å². The lowest BCUT2D eigenvalue weighted by Crippen LogP contribution is -2.37. The third-order valence-electron chi connectivity index (χ3n) is 4.53. The third-order valence-corrected chi connectivity index (χ3v) is 5.44. The summed E-state index contributed by atoms with van der Waals surface area (Å²) in [4.78, 5) is 38.5. The first-order chi connectivity index (χ1) is 14.0. The van der Waals surface area contributed by atoms with E-state index in [-0.39, 0.29) is 30.1 Å². The molecule has 3 amide bonds. The van der Waals surface area contributed by atoms with Crippen LogP contribution in [0.4, 0.5) is 4.79 Å². The molecule has 2 aromatic rings. The summed E-state index contributed by atoms with van der Waals surface area (Å²) >= 11 is 0.900. The zero-order valence-electron chi connectivity index (χ0n) is 16.3. The summed E-state index contributed by atoms with van der Waals surface area (Å²) in [5.74, 6) is 0.140. The first-order valence-corrected chi connectivity index (χ1v) is 10.1. The van der Waals surface area contributed by atoms with Crippen molar-refractivity contribution in [1.29, 1.82) is 0 Å². The summed E-state index contributed by atoms with van der Waals surface area (Å²) in [5.41, 5.74) is 2.51. The van der Waals surface area contributed by atoms with Gasteiger partial charge in [0.05, 0.1) is 12.0 Å². The fourth-order valence-corrected chi connectivity index (χ4v) is 3.68. The number of methoxy groups -OCH3 is 1. The second-order valence-electron chi connectivity index (χ2n) is 6.41. The molecule has 0 spiro atoms. The van der Waals surface area contributed by atoms with Crippen LogP contribution in [0.5, 0.6) is 5.75 Å². The Morgan fingerprint density at radius 3 is 2.41 bits per heavy atom. The van der Waals surface area contributed by atoms with Gasteiger partial charge < -0.3 is 10.1 Å². The molecule has 0 bridgehead atoms. The number of hydrogen-bond donors (Lipinski definition) is 1. The number of ether oxygens (including phenoxy) is 1. The van der Waals surface area contributed by atoms with Gasteiger partial charge in [0.2, 0.25) is 0 Å². The van der Waals surface area contributed by atoms with Gasteiger partial charge in [-0.05, 0) is 59.7 Å². The average Bonchev–Trinajstić information content (AvgIpc) is 3.01. The summed E-state index contributed by atoms with van der Waals surface area (Å²) in [6, 6.07) is 14.6. The fraction of sp³-hybridized carbons (Fsp3) is 0.227. The second-order valence-corrected chi connectivity index (χ2v) is 7.41. The van der Waals surface area contributed by atoms with Crippen LogP contribution in [-0.4, -0.2) is 42.2 Å². The Kier molecular flexibility index (Phi) is 6.72. The van der Waals surface area contributed by atoms with Crippen LogP contribution < -0.4 is 10.1 Å². The average molecular weight is 410 g/mol. The molecule has 29 heavy (non-hydrogen) atoms. The van der Waals surface area contributed by atoms with Crippen molar-refractivity contribution in [2.75, 3.05) is 20.2 Å². The Labute approximate surface area is 173 Å². The van der Waals surface area contributed by atoms with Crippen LogP contribution >= 0.6 is 11.8 Å². The highest BCUT2D eigenvalue weighted by molar-refractivity contribution is 8.18. The zero-order valence-corrected chi connectivity index (χ0v) is 17.1. The lowest BCUT2D eigenvalue weighted by atomic mass is 10.1. The molecule has 7 heteroatoms. The number of aryl methyl sites for hydroxylation is 1. The molecule has 1 aliphatic rings. The number of nitrogens with zero attached hydrogens (tertiary/aromatic N) is 1. The van der Waals surface area contributed by atoms with Crippen LogP contribution in [-0.2, 0) is 11.2 Å². The predicted molar refractivity (Wildman–Crippen MR) is 114 cm³/mol. The molecule has 0 radical (unpaired) electrons. The van der Waals surface area contributed by atoms with Gasteiger partial charge in [-0.3, -0.25) is 19.3 Å². The van der Waals surface area contributed by atoms with E-state index in [0.717, 1.165) is 40.0 Å². The van der Waals surface area contributed by atoms with Gasteiger partial charge >= 0.3 is 0 Å². The number of nitrogens with one attached hydrogen (secondary N) is 1. The van der Waals surface area contributed by atoms with Gasteiger partial charge in [0.15, 0.2) is 0 Å². The molecule has 2 aromatic carbocycles. The summed E-state index contributed by atoms with van der Waals surface area (Å²) in [5, 5.41) is 2.42. The summed E-state index contributed by atoms with van der Waals surface area (Å²) in [6.45, 7) is 2.38. The maximum atomic E-state index is 12.5. The van der Waals surface area contributed by atoms with Gasteiger partial charge in [-0.2, -0.15) is 0 Å². The molecule has 1 saturated heterocycles. The van der Waals surface area contributed by atoms with Crippen LogP contribution in [0.25, 0.3) is 6.08 Å². The summed E-state index contributed by atoms with van der Waals surface area (Å²) < 4.78 is 5.11. The minimum atomic E-state index is -0.350. The topological polar surface area (TPSA) is 75.7 Å². The van der Waals surface area contributed by atoms with Crippen molar-refractivity contribution in [2.24, 2.45) is 0 Å². The number of carbonyl (C=O) groups excluding carboxylic acids is 3. The molecule has 0 aliphatic carbocycles. The maximum Gasteiger partial charge on any atom is 0.293 e. The number of benzene rings is 2. The molecule has 1 aliphatic heterocycles. The smallest absolute Gasteiger partial charge is 0.293 e. The Balaban J connectivity index is 1.56. The summed E-state index contributed by atoms with van der Waals surface area (Å²) in [7, 11) is 1.58. The van der Waals surface area contributed by atoms with Crippen molar-refractivity contribution in [3.05, 3.63) is 70.1 Å². The molecule has 0 unspecified atom stereocenters. The normalized spacial score (nSPS) is 15.1. The maximum absolute atomic E-state index is 12.5. The van der Waals surface area contributed by atoms with Crippen molar-refractivity contribution in [2.45, 2.75) is 13.3 Å². The van der Waals surface area contributed by atoms with Gasteiger partial charge in [-0.1, -0.05) is 31.2 Å². The minimum Gasteiger partial charge on any atom is -0.497 e. The zero-order chi connectivity index (χ0) is 20.8. The number of hydrogen-bond acceptors (Lipinski definition) is 5. The highest BCUT2D eigenvalue weighted by Gasteiger charge is 2.34. The Hall–Kier alpha value is -3.06. The molecular formula is C22H22N2O4S. The van der Waals surface area contributed by atoms with Crippen molar-refractivity contribution in [1.82, 2.24) is 10.2 Å². The molecule has 1 heterocycles. The van der Waals surface area contributed by atoms with E-state index in [1.165, 1.54) is 0 Å². The first-order valence-electron chi connectivity index (χ1n) is 9.28. The van der Waals surface area contributed by atoms with Gasteiger partial charge in [0.1, 0.15) is 5.75 Å². The monoisotopic (exact) mass is 410 g/mol. The number of amides is 3. The van der Waals surface area contributed by atoms with Crippen molar-refractivity contribution in [3.8, 4) is 5.75 Å². The van der Waals surface area contributed by atoms with Gasteiger partial charge in [-0.25, -0.2) is 0 Å². The van der Waals surface area contributed by atoms with E-state index < -0.39 is 0 Å². The van der Waals surface area contributed by atoms with Crippen LogP contribution in [0.15, 0.2) is 53.4 Å². The van der Waals surface area contributed by atoms with Crippen molar-refractivity contribution < 1.29 is 19.1 Å². The molecule has 0 aromatic heterocycles. The largest absolute Gasteiger partial charge is 0.497 e. The fourth-order valence-electron chi connectivity index (χ4n) is 2.82. The number of carbonyl (C=O) groups is 3. The molecule has 1 fully saturated rings. The first kappa shape index (κ1) is 20.7. The van der Waals surface area contributed by atoms with E-state index in [0.29, 0.717) is 10.5 Å². The molecular weight excluding hydrogens is 388 g/mol. The van der Waals surface area contributed by atoms with E-state index in [1.807, 2.05) is 24.3 Å². The van der Waals surface area contributed by atoms with Crippen LogP contribution in [0.3, 0.4) is 0 Å². The Bertz CT molecular complexity index is 936. The van der Waals surface area contributed by atoms with Gasteiger partial charge in [0, 0.05) is 18.7 Å². The van der Waals surface area contributed by atoms with Gasteiger partial charge in [-0.15, -0.1) is 0 Å². The molecule has 3 rings (SSSR count). The number of thioether (sulfide) groups is 1. The number of imide groups is 1. The lowest BCUT2D eigenvalue weighted by Gasteiger charge is -2.13. The molecule has 6 nitrogen and oxygen atoms in total. The van der Waals surface area contributed by atoms with Crippen LogP contribution in [0, 0.1) is 0 Å². The predicted octanol–water partition coefficient (Wildman–Crippen LogP) is 3.72. The minimum absolute atomic E-state index is 0.128. The quantitative estimate of drug-likeness (QED) is 0.704. The lowest BCUT2D eigenvalue weighted by molar-refractivity contribution is -0.122. The van der Waals surface area contributed by atoms with E-state index in [9.17, 15) is 14.4 Å². The van der Waals surface area contributed by atoms with Gasteiger partial charge in [0.25, 0.3) is 17.1 Å². The van der Waals surface area contributed by atoms with E-state index in [2.05, 4.69) is 12.2 Å². The molecule has 0 saturated carbocycles. The Morgan fingerprint density at radius 1 is 1.10 bits per heavy atom. The van der Waals surface area contributed by atoms with Crippen molar-refractivity contribution >= 4 is 34.9 Å². The summed E-state index contributed by atoms with van der Waals surface area (Å²) in [6.07, 6.45) is 2.59. The standard InChI is InChI=1S/C22H22N2O4S/c1-3-15-4-8-17(9-5-15)20(25)23-12-13-24-21(26)19(29-22(24)27)14-16-6-10-18(28-2)11-7-16/h4-11,14H,3,12-13H2,1-2H3,(H,23,25)/b19-14-.